The van der Waals surface area contributed by atoms with Crippen LogP contribution in [0, 0.1) is 0 Å². The summed E-state index contributed by atoms with van der Waals surface area (Å²) in [6.07, 6.45) is 3.78. The Morgan fingerprint density at radius 1 is 0.958 bits per heavy atom. The normalized spacial score (nSPS) is 11.5. The molecule has 0 aliphatic heterocycles. The summed E-state index contributed by atoms with van der Waals surface area (Å²) in [5, 5.41) is 11.2. The summed E-state index contributed by atoms with van der Waals surface area (Å²) in [6.45, 7) is 0. The van der Waals surface area contributed by atoms with E-state index in [1.54, 1.807) is 6.07 Å². The van der Waals surface area contributed by atoms with Crippen LogP contribution in [0.5, 0.6) is 0 Å². The molecule has 4 rings (SSSR count). The maximum absolute atomic E-state index is 11.4. The van der Waals surface area contributed by atoms with Crippen molar-refractivity contribution in [1.29, 1.82) is 0 Å². The summed E-state index contributed by atoms with van der Waals surface area (Å²) in [5.41, 5.74) is 3.49. The van der Waals surface area contributed by atoms with E-state index in [9.17, 15) is 9.90 Å². The number of pyridine rings is 1. The summed E-state index contributed by atoms with van der Waals surface area (Å²) in [5.74, 6) is -1.03. The summed E-state index contributed by atoms with van der Waals surface area (Å²) in [6, 6.07) is 19.3. The number of fused-ring (bicyclic) bond motifs is 3. The lowest BCUT2D eigenvalue weighted by Gasteiger charge is -2.01. The number of aromatic amines is 1. The number of aromatic nitrogens is 2. The van der Waals surface area contributed by atoms with E-state index in [0.717, 1.165) is 27.4 Å². The van der Waals surface area contributed by atoms with Crippen molar-refractivity contribution < 1.29 is 9.90 Å². The average molecular weight is 314 g/mol. The largest absolute Gasteiger partial charge is 0.477 e. The van der Waals surface area contributed by atoms with E-state index in [1.807, 2.05) is 66.7 Å². The first-order chi connectivity index (χ1) is 11.7. The average Bonchev–Trinajstić information content (AvgIpc) is 2.99. The van der Waals surface area contributed by atoms with Gasteiger partial charge in [-0.05, 0) is 23.8 Å². The van der Waals surface area contributed by atoms with Crippen molar-refractivity contribution in [3.8, 4) is 0 Å². The predicted molar refractivity (Wildman–Crippen MR) is 95.9 cm³/mol. The second kappa shape index (κ2) is 5.66. The lowest BCUT2D eigenvalue weighted by Crippen LogP contribution is -2.01. The maximum Gasteiger partial charge on any atom is 0.354 e. The fourth-order valence-electron chi connectivity index (χ4n) is 2.84. The fourth-order valence-corrected chi connectivity index (χ4v) is 2.84. The molecule has 0 aliphatic rings. The van der Waals surface area contributed by atoms with E-state index >= 15 is 0 Å². The minimum Gasteiger partial charge on any atom is -0.477 e. The van der Waals surface area contributed by atoms with Crippen LogP contribution in [0.3, 0.4) is 0 Å². The highest BCUT2D eigenvalue weighted by molar-refractivity contribution is 6.11. The molecule has 0 radical (unpaired) electrons. The van der Waals surface area contributed by atoms with Crippen LogP contribution in [-0.2, 0) is 0 Å². The number of para-hydroxylation sites is 1. The number of nitrogens with one attached hydrogen (secondary N) is 1. The number of hydrogen-bond acceptors (Lipinski definition) is 2. The molecule has 24 heavy (non-hydrogen) atoms. The van der Waals surface area contributed by atoms with Gasteiger partial charge in [0.1, 0.15) is 5.69 Å². The topological polar surface area (TPSA) is 66.0 Å². The van der Waals surface area contributed by atoms with Crippen molar-refractivity contribution in [1.82, 2.24) is 9.97 Å². The quantitative estimate of drug-likeness (QED) is 0.581. The highest BCUT2D eigenvalue weighted by Gasteiger charge is 2.13. The van der Waals surface area contributed by atoms with Crippen LogP contribution in [0.25, 0.3) is 34.0 Å². The summed E-state index contributed by atoms with van der Waals surface area (Å²) >= 11 is 0. The molecule has 2 N–H and O–H groups in total. The summed E-state index contributed by atoms with van der Waals surface area (Å²) in [4.78, 5) is 19.1. The van der Waals surface area contributed by atoms with Crippen LogP contribution in [-0.4, -0.2) is 21.0 Å². The van der Waals surface area contributed by atoms with Crippen molar-refractivity contribution in [2.45, 2.75) is 0 Å². The van der Waals surface area contributed by atoms with E-state index in [2.05, 4.69) is 9.97 Å². The number of benzene rings is 2. The van der Waals surface area contributed by atoms with Gasteiger partial charge < -0.3 is 10.1 Å². The van der Waals surface area contributed by atoms with E-state index in [4.69, 9.17) is 0 Å². The lowest BCUT2D eigenvalue weighted by molar-refractivity contribution is 0.0690. The smallest absolute Gasteiger partial charge is 0.354 e. The van der Waals surface area contributed by atoms with Crippen LogP contribution in [0.15, 0.2) is 60.7 Å². The molecule has 0 bridgehead atoms. The first-order valence-corrected chi connectivity index (χ1v) is 7.60. The molecular weight excluding hydrogens is 300 g/mol. The number of rotatable bonds is 3. The van der Waals surface area contributed by atoms with E-state index in [-0.39, 0.29) is 5.69 Å². The molecule has 0 saturated heterocycles. The Balaban J connectivity index is 1.95. The van der Waals surface area contributed by atoms with E-state index in [1.165, 1.54) is 0 Å². The highest BCUT2D eigenvalue weighted by atomic mass is 16.4. The molecule has 4 aromatic rings. The Bertz CT molecular complexity index is 1080. The van der Waals surface area contributed by atoms with E-state index < -0.39 is 5.97 Å². The monoisotopic (exact) mass is 314 g/mol. The zero-order valence-corrected chi connectivity index (χ0v) is 12.7. The minimum absolute atomic E-state index is 0.0416. The van der Waals surface area contributed by atoms with Crippen molar-refractivity contribution in [2.75, 3.05) is 0 Å². The molecule has 2 aromatic carbocycles. The fraction of sp³-hybridized carbons (Fsp3) is 0. The second-order valence-corrected chi connectivity index (χ2v) is 5.54. The van der Waals surface area contributed by atoms with Gasteiger partial charge in [0.05, 0.1) is 11.2 Å². The van der Waals surface area contributed by atoms with Gasteiger partial charge in [0.2, 0.25) is 0 Å². The highest BCUT2D eigenvalue weighted by Crippen LogP contribution is 2.28. The maximum atomic E-state index is 11.4. The molecule has 0 aliphatic carbocycles. The molecule has 4 nitrogen and oxygen atoms in total. The van der Waals surface area contributed by atoms with Crippen LogP contribution in [0.1, 0.15) is 21.7 Å². The van der Waals surface area contributed by atoms with Gasteiger partial charge >= 0.3 is 5.97 Å². The molecule has 0 unspecified atom stereocenters. The van der Waals surface area contributed by atoms with Gasteiger partial charge in [0.15, 0.2) is 0 Å². The molecule has 0 atom stereocenters. The molecule has 0 amide bonds. The third-order valence-corrected chi connectivity index (χ3v) is 3.98. The third kappa shape index (κ3) is 2.44. The first kappa shape index (κ1) is 14.2. The third-order valence-electron chi connectivity index (χ3n) is 3.98. The molecule has 0 saturated carbocycles. The molecular formula is C20H14N2O2. The van der Waals surface area contributed by atoms with Gasteiger partial charge in [-0.15, -0.1) is 0 Å². The Labute approximate surface area is 138 Å². The zero-order chi connectivity index (χ0) is 16.5. The number of carboxylic acids is 1. The Morgan fingerprint density at radius 3 is 2.50 bits per heavy atom. The molecule has 2 heterocycles. The van der Waals surface area contributed by atoms with Gasteiger partial charge in [-0.3, -0.25) is 0 Å². The molecule has 0 fully saturated rings. The second-order valence-electron chi connectivity index (χ2n) is 5.54. The van der Waals surface area contributed by atoms with Gasteiger partial charge in [-0.25, -0.2) is 9.78 Å². The number of carbonyl (C=O) groups is 1. The van der Waals surface area contributed by atoms with Crippen molar-refractivity contribution in [2.24, 2.45) is 0 Å². The van der Waals surface area contributed by atoms with Gasteiger partial charge in [-0.1, -0.05) is 54.6 Å². The molecule has 116 valence electrons. The van der Waals surface area contributed by atoms with Crippen molar-refractivity contribution in [3.05, 3.63) is 77.6 Å². The lowest BCUT2D eigenvalue weighted by atomic mass is 10.1. The number of hydrogen-bond donors (Lipinski definition) is 2. The van der Waals surface area contributed by atoms with Gasteiger partial charge in [-0.2, -0.15) is 0 Å². The van der Waals surface area contributed by atoms with Crippen LogP contribution >= 0.6 is 0 Å². The SMILES string of the molecule is O=C(O)c1cc2c([nH]c3ccccc32)c(C=Cc2ccccc2)n1. The van der Waals surface area contributed by atoms with E-state index in [0.29, 0.717) is 5.69 Å². The first-order valence-electron chi connectivity index (χ1n) is 7.60. The molecule has 0 spiro atoms. The Kier molecular flexibility index (Phi) is 3.35. The van der Waals surface area contributed by atoms with Crippen LogP contribution < -0.4 is 0 Å². The molecule has 2 aromatic heterocycles. The van der Waals surface area contributed by atoms with Crippen LogP contribution in [0.2, 0.25) is 0 Å². The number of nitrogens with zero attached hydrogens (tertiary/aromatic N) is 1. The predicted octanol–water partition coefficient (Wildman–Crippen LogP) is 4.58. The van der Waals surface area contributed by atoms with Crippen molar-refractivity contribution in [3.63, 3.8) is 0 Å². The van der Waals surface area contributed by atoms with Crippen molar-refractivity contribution >= 4 is 39.9 Å². The number of H-pyrrole nitrogens is 1. The zero-order valence-electron chi connectivity index (χ0n) is 12.7. The van der Waals surface area contributed by atoms with Crippen LogP contribution in [0.4, 0.5) is 0 Å². The summed E-state index contributed by atoms with van der Waals surface area (Å²) in [7, 11) is 0. The molecule has 4 heteroatoms. The number of carboxylic acid groups (broad SMARTS) is 1. The summed E-state index contributed by atoms with van der Waals surface area (Å²) < 4.78 is 0. The van der Waals surface area contributed by atoms with Gasteiger partial charge in [0, 0.05) is 16.3 Å². The Morgan fingerprint density at radius 2 is 1.71 bits per heavy atom. The van der Waals surface area contributed by atoms with Gasteiger partial charge in [0.25, 0.3) is 0 Å². The number of aromatic carboxylic acids is 1. The Hall–Kier alpha value is -3.40. The minimum atomic E-state index is -1.03. The standard InChI is InChI=1S/C20H14N2O2/c23-20(24)18-12-15-14-8-4-5-9-16(14)22-19(15)17(21-18)11-10-13-6-2-1-3-7-13/h1-12,22H,(H,23,24).